The van der Waals surface area contributed by atoms with Gasteiger partial charge in [0.2, 0.25) is 5.91 Å². The standard InChI is InChI=1S/C23H22N4O2S/c1-13-18(14(2)25-22(29)19(13)11-24)8-9-21(28)27-23-26-20(12-30-23)17-7-6-15-4-3-5-16(15)10-17/h6-7,10,12H,3-5,8-9H2,1-2H3,(H,25,29)(H,26,27,28). The van der Waals surface area contributed by atoms with Gasteiger partial charge in [-0.3, -0.25) is 9.59 Å². The van der Waals surface area contributed by atoms with E-state index in [2.05, 4.69) is 33.5 Å². The number of H-pyrrole nitrogens is 1. The molecule has 1 aliphatic rings. The summed E-state index contributed by atoms with van der Waals surface area (Å²) in [6, 6.07) is 8.42. The summed E-state index contributed by atoms with van der Waals surface area (Å²) in [4.78, 5) is 31.6. The molecule has 1 amide bonds. The lowest BCUT2D eigenvalue weighted by Gasteiger charge is -2.10. The molecule has 3 aromatic rings. The van der Waals surface area contributed by atoms with Crippen molar-refractivity contribution in [2.75, 3.05) is 5.32 Å². The van der Waals surface area contributed by atoms with Gasteiger partial charge < -0.3 is 10.3 Å². The summed E-state index contributed by atoms with van der Waals surface area (Å²) in [5, 5.41) is 14.6. The zero-order chi connectivity index (χ0) is 21.3. The zero-order valence-corrected chi connectivity index (χ0v) is 17.8. The summed E-state index contributed by atoms with van der Waals surface area (Å²) in [6.07, 6.45) is 4.16. The third-order valence-electron chi connectivity index (χ3n) is 5.67. The average Bonchev–Trinajstić information content (AvgIpc) is 3.36. The lowest BCUT2D eigenvalue weighted by molar-refractivity contribution is -0.116. The van der Waals surface area contributed by atoms with E-state index >= 15 is 0 Å². The quantitative estimate of drug-likeness (QED) is 0.653. The van der Waals surface area contributed by atoms with Crippen LogP contribution in [0.1, 0.15) is 46.4 Å². The van der Waals surface area contributed by atoms with Crippen LogP contribution in [0.25, 0.3) is 11.3 Å². The molecule has 7 heteroatoms. The predicted octanol–water partition coefficient (Wildman–Crippen LogP) is 4.05. The molecule has 152 valence electrons. The first kappa shape index (κ1) is 20.0. The summed E-state index contributed by atoms with van der Waals surface area (Å²) in [7, 11) is 0. The van der Waals surface area contributed by atoms with Gasteiger partial charge in [-0.25, -0.2) is 4.98 Å². The SMILES string of the molecule is Cc1[nH]c(=O)c(C#N)c(C)c1CCC(=O)Nc1nc(-c2ccc3c(c2)CCC3)cs1. The van der Waals surface area contributed by atoms with Gasteiger partial charge in [0.05, 0.1) is 5.69 Å². The molecule has 0 atom stereocenters. The number of carbonyl (C=O) groups excluding carboxylic acids is 1. The van der Waals surface area contributed by atoms with Gasteiger partial charge in [-0.2, -0.15) is 5.26 Å². The summed E-state index contributed by atoms with van der Waals surface area (Å²) >= 11 is 1.41. The molecule has 2 aromatic heterocycles. The topological polar surface area (TPSA) is 98.6 Å². The van der Waals surface area contributed by atoms with Gasteiger partial charge in [-0.05, 0) is 67.9 Å². The molecule has 0 radical (unpaired) electrons. The number of nitriles is 1. The second kappa shape index (κ2) is 8.25. The number of pyridine rings is 1. The number of amides is 1. The largest absolute Gasteiger partial charge is 0.325 e. The van der Waals surface area contributed by atoms with E-state index in [0.717, 1.165) is 29.7 Å². The van der Waals surface area contributed by atoms with Crippen molar-refractivity contribution in [3.63, 3.8) is 0 Å². The monoisotopic (exact) mass is 418 g/mol. The summed E-state index contributed by atoms with van der Waals surface area (Å²) < 4.78 is 0. The van der Waals surface area contributed by atoms with Gasteiger partial charge in [-0.1, -0.05) is 12.1 Å². The fourth-order valence-electron chi connectivity index (χ4n) is 4.04. The average molecular weight is 419 g/mol. The van der Waals surface area contributed by atoms with Gasteiger partial charge in [0, 0.05) is 23.1 Å². The zero-order valence-electron chi connectivity index (χ0n) is 17.0. The van der Waals surface area contributed by atoms with Crippen molar-refractivity contribution < 1.29 is 4.79 Å². The molecule has 2 heterocycles. The third-order valence-corrected chi connectivity index (χ3v) is 6.42. The maximum absolute atomic E-state index is 12.4. The van der Waals surface area contributed by atoms with Gasteiger partial charge >= 0.3 is 0 Å². The van der Waals surface area contributed by atoms with Crippen LogP contribution >= 0.6 is 11.3 Å². The van der Waals surface area contributed by atoms with Crippen LogP contribution in [0.15, 0.2) is 28.4 Å². The first-order valence-corrected chi connectivity index (χ1v) is 10.8. The minimum atomic E-state index is -0.387. The van der Waals surface area contributed by atoms with Crippen molar-refractivity contribution >= 4 is 22.4 Å². The van der Waals surface area contributed by atoms with Gasteiger partial charge in [0.25, 0.3) is 5.56 Å². The number of aromatic nitrogens is 2. The van der Waals surface area contributed by atoms with Crippen LogP contribution < -0.4 is 10.9 Å². The Labute approximate surface area is 178 Å². The maximum Gasteiger partial charge on any atom is 0.266 e. The van der Waals surface area contributed by atoms with E-state index in [9.17, 15) is 14.9 Å². The fourth-order valence-corrected chi connectivity index (χ4v) is 4.77. The Balaban J connectivity index is 1.42. The first-order chi connectivity index (χ1) is 14.5. The van der Waals surface area contributed by atoms with E-state index in [1.165, 1.54) is 28.9 Å². The van der Waals surface area contributed by atoms with Crippen molar-refractivity contribution in [3.8, 4) is 17.3 Å². The molecule has 0 aliphatic heterocycles. The number of nitrogens with one attached hydrogen (secondary N) is 2. The molecular formula is C23H22N4O2S. The van der Waals surface area contributed by atoms with E-state index in [-0.39, 0.29) is 23.5 Å². The Hall–Kier alpha value is -3.24. The molecule has 0 saturated heterocycles. The van der Waals surface area contributed by atoms with Crippen molar-refractivity contribution in [2.45, 2.75) is 46.0 Å². The van der Waals surface area contributed by atoms with Crippen LogP contribution in [-0.2, 0) is 24.1 Å². The number of anilines is 1. The Morgan fingerprint density at radius 3 is 2.90 bits per heavy atom. The molecule has 6 nitrogen and oxygen atoms in total. The molecule has 0 bridgehead atoms. The third kappa shape index (κ3) is 3.91. The highest BCUT2D eigenvalue weighted by molar-refractivity contribution is 7.14. The Morgan fingerprint density at radius 2 is 2.10 bits per heavy atom. The summed E-state index contributed by atoms with van der Waals surface area (Å²) in [6.45, 7) is 3.53. The molecule has 1 aromatic carbocycles. The molecule has 30 heavy (non-hydrogen) atoms. The van der Waals surface area contributed by atoms with Crippen LogP contribution in [0.2, 0.25) is 0 Å². The van der Waals surface area contributed by atoms with Crippen LogP contribution in [-0.4, -0.2) is 15.9 Å². The van der Waals surface area contributed by atoms with Crippen molar-refractivity contribution in [3.05, 3.63) is 67.4 Å². The normalized spacial score (nSPS) is 12.4. The number of fused-ring (bicyclic) bond motifs is 1. The molecule has 4 rings (SSSR count). The van der Waals surface area contributed by atoms with Crippen molar-refractivity contribution in [1.29, 1.82) is 5.26 Å². The molecule has 0 saturated carbocycles. The fraction of sp³-hybridized carbons (Fsp3) is 0.304. The minimum Gasteiger partial charge on any atom is -0.325 e. The van der Waals surface area contributed by atoms with Gasteiger partial charge in [0.15, 0.2) is 5.13 Å². The molecule has 0 unspecified atom stereocenters. The Morgan fingerprint density at radius 1 is 1.30 bits per heavy atom. The number of hydrogen-bond donors (Lipinski definition) is 2. The summed E-state index contributed by atoms with van der Waals surface area (Å²) in [5.74, 6) is -0.145. The highest BCUT2D eigenvalue weighted by Crippen LogP contribution is 2.30. The van der Waals surface area contributed by atoms with E-state index in [1.54, 1.807) is 13.8 Å². The number of nitrogens with zero attached hydrogens (tertiary/aromatic N) is 2. The molecule has 1 aliphatic carbocycles. The maximum atomic E-state index is 12.4. The van der Waals surface area contributed by atoms with Crippen LogP contribution in [0, 0.1) is 25.2 Å². The van der Waals surface area contributed by atoms with Crippen molar-refractivity contribution in [2.24, 2.45) is 0 Å². The number of thiazole rings is 1. The van der Waals surface area contributed by atoms with Crippen LogP contribution in [0.4, 0.5) is 5.13 Å². The lowest BCUT2D eigenvalue weighted by atomic mass is 9.99. The van der Waals surface area contributed by atoms with E-state index in [4.69, 9.17) is 0 Å². The van der Waals surface area contributed by atoms with Gasteiger partial charge in [0.1, 0.15) is 11.6 Å². The summed E-state index contributed by atoms with van der Waals surface area (Å²) in [5.41, 5.74) is 6.66. The first-order valence-electron chi connectivity index (χ1n) is 9.96. The molecular weight excluding hydrogens is 396 g/mol. The number of hydrogen-bond acceptors (Lipinski definition) is 5. The minimum absolute atomic E-state index is 0.106. The number of rotatable bonds is 5. The van der Waals surface area contributed by atoms with Crippen molar-refractivity contribution in [1.82, 2.24) is 9.97 Å². The van der Waals surface area contributed by atoms with E-state index in [1.807, 2.05) is 11.4 Å². The number of carbonyl (C=O) groups is 1. The molecule has 0 fully saturated rings. The Bertz CT molecular complexity index is 1230. The smallest absolute Gasteiger partial charge is 0.266 e. The second-order valence-electron chi connectivity index (χ2n) is 7.59. The number of benzene rings is 1. The lowest BCUT2D eigenvalue weighted by Crippen LogP contribution is -2.18. The van der Waals surface area contributed by atoms with Crippen LogP contribution in [0.3, 0.4) is 0 Å². The molecule has 2 N–H and O–H groups in total. The Kier molecular flexibility index (Phi) is 5.51. The second-order valence-corrected chi connectivity index (χ2v) is 8.45. The highest BCUT2D eigenvalue weighted by Gasteiger charge is 2.15. The predicted molar refractivity (Wildman–Crippen MR) is 118 cm³/mol. The van der Waals surface area contributed by atoms with E-state index < -0.39 is 0 Å². The highest BCUT2D eigenvalue weighted by atomic mass is 32.1. The van der Waals surface area contributed by atoms with E-state index in [0.29, 0.717) is 22.8 Å². The molecule has 0 spiro atoms. The number of aryl methyl sites for hydroxylation is 3. The van der Waals surface area contributed by atoms with Gasteiger partial charge in [-0.15, -0.1) is 11.3 Å². The number of aromatic amines is 1. The van der Waals surface area contributed by atoms with Crippen LogP contribution in [0.5, 0.6) is 0 Å².